The Kier molecular flexibility index (Phi) is 5.72. The fraction of sp³-hybridized carbons (Fsp3) is 0.647. The van der Waals surface area contributed by atoms with Gasteiger partial charge in [-0.3, -0.25) is 0 Å². The molecule has 0 aromatic heterocycles. The van der Waals surface area contributed by atoms with Gasteiger partial charge in [-0.1, -0.05) is 6.92 Å². The van der Waals surface area contributed by atoms with Crippen LogP contribution in [0.25, 0.3) is 0 Å². The molecule has 0 saturated carbocycles. The highest BCUT2D eigenvalue weighted by Gasteiger charge is 2.16. The van der Waals surface area contributed by atoms with E-state index in [1.807, 2.05) is 0 Å². The van der Waals surface area contributed by atoms with E-state index in [1.165, 1.54) is 56.7 Å². The highest BCUT2D eigenvalue weighted by molar-refractivity contribution is 5.54. The van der Waals surface area contributed by atoms with Crippen LogP contribution in [0, 0.1) is 0 Å². The lowest BCUT2D eigenvalue weighted by molar-refractivity contribution is 0.285. The standard InChI is InChI=1S/C17H29N3/c1-4-12-20-13-5-6-15(11-14-20)18-16-7-9-17(10-8-16)19(2)3/h7-10,15,18H,4-6,11-14H2,1-3H3. The van der Waals surface area contributed by atoms with Crippen molar-refractivity contribution >= 4 is 11.4 Å². The lowest BCUT2D eigenvalue weighted by Gasteiger charge is -2.20. The highest BCUT2D eigenvalue weighted by Crippen LogP contribution is 2.20. The Labute approximate surface area is 124 Å². The molecule has 0 radical (unpaired) electrons. The average Bonchev–Trinajstić information content (AvgIpc) is 2.66. The van der Waals surface area contributed by atoms with Crippen molar-refractivity contribution in [2.75, 3.05) is 43.9 Å². The number of rotatable bonds is 5. The largest absolute Gasteiger partial charge is 0.382 e. The van der Waals surface area contributed by atoms with E-state index in [9.17, 15) is 0 Å². The minimum Gasteiger partial charge on any atom is -0.382 e. The average molecular weight is 275 g/mol. The zero-order valence-corrected chi connectivity index (χ0v) is 13.2. The van der Waals surface area contributed by atoms with Gasteiger partial charge in [-0.05, 0) is 63.0 Å². The maximum Gasteiger partial charge on any atom is 0.0362 e. The van der Waals surface area contributed by atoms with Crippen molar-refractivity contribution in [1.82, 2.24) is 4.90 Å². The van der Waals surface area contributed by atoms with Crippen molar-refractivity contribution in [2.24, 2.45) is 0 Å². The molecule has 1 saturated heterocycles. The summed E-state index contributed by atoms with van der Waals surface area (Å²) in [6.45, 7) is 6.03. The molecule has 3 heteroatoms. The summed E-state index contributed by atoms with van der Waals surface area (Å²) in [5, 5.41) is 3.70. The Morgan fingerprint density at radius 3 is 2.55 bits per heavy atom. The molecule has 0 amide bonds. The molecule has 0 spiro atoms. The minimum absolute atomic E-state index is 0.627. The van der Waals surface area contributed by atoms with Crippen LogP contribution in [0.2, 0.25) is 0 Å². The van der Waals surface area contributed by atoms with E-state index in [-0.39, 0.29) is 0 Å². The summed E-state index contributed by atoms with van der Waals surface area (Å²) in [6, 6.07) is 9.39. The molecular weight excluding hydrogens is 246 g/mol. The summed E-state index contributed by atoms with van der Waals surface area (Å²) in [4.78, 5) is 4.74. The van der Waals surface area contributed by atoms with Gasteiger partial charge in [0.1, 0.15) is 0 Å². The van der Waals surface area contributed by atoms with E-state index in [1.54, 1.807) is 0 Å². The monoisotopic (exact) mass is 275 g/mol. The predicted molar refractivity (Wildman–Crippen MR) is 88.8 cm³/mol. The van der Waals surface area contributed by atoms with Crippen molar-refractivity contribution in [2.45, 2.75) is 38.6 Å². The fourth-order valence-corrected chi connectivity index (χ4v) is 2.93. The van der Waals surface area contributed by atoms with Crippen molar-refractivity contribution < 1.29 is 0 Å². The second-order valence-electron chi connectivity index (χ2n) is 6.06. The molecule has 3 nitrogen and oxygen atoms in total. The van der Waals surface area contributed by atoms with E-state index < -0.39 is 0 Å². The van der Waals surface area contributed by atoms with Crippen molar-refractivity contribution in [3.05, 3.63) is 24.3 Å². The fourth-order valence-electron chi connectivity index (χ4n) is 2.93. The molecule has 1 aromatic rings. The van der Waals surface area contributed by atoms with Crippen molar-refractivity contribution in [1.29, 1.82) is 0 Å². The Bertz CT molecular complexity index is 386. The third-order valence-corrected chi connectivity index (χ3v) is 4.12. The van der Waals surface area contributed by atoms with Gasteiger partial charge in [-0.15, -0.1) is 0 Å². The first kappa shape index (κ1) is 15.2. The molecule has 1 aromatic carbocycles. The van der Waals surface area contributed by atoms with E-state index >= 15 is 0 Å². The molecular formula is C17H29N3. The van der Waals surface area contributed by atoms with Gasteiger partial charge in [0.15, 0.2) is 0 Å². The quantitative estimate of drug-likeness (QED) is 0.888. The minimum atomic E-state index is 0.627. The van der Waals surface area contributed by atoms with Gasteiger partial charge in [0.2, 0.25) is 0 Å². The molecule has 1 heterocycles. The summed E-state index contributed by atoms with van der Waals surface area (Å²) in [7, 11) is 4.16. The molecule has 1 atom stereocenters. The SMILES string of the molecule is CCCN1CCCC(Nc2ccc(N(C)C)cc2)CC1. The zero-order valence-electron chi connectivity index (χ0n) is 13.2. The van der Waals surface area contributed by atoms with Crippen LogP contribution < -0.4 is 10.2 Å². The third kappa shape index (κ3) is 4.41. The van der Waals surface area contributed by atoms with Gasteiger partial charge in [-0.25, -0.2) is 0 Å². The maximum absolute atomic E-state index is 3.70. The second-order valence-corrected chi connectivity index (χ2v) is 6.06. The first-order valence-electron chi connectivity index (χ1n) is 7.95. The predicted octanol–water partition coefficient (Wildman–Crippen LogP) is 3.43. The van der Waals surface area contributed by atoms with Crippen LogP contribution in [0.3, 0.4) is 0 Å². The molecule has 0 aliphatic carbocycles. The first-order chi connectivity index (χ1) is 9.69. The Balaban J connectivity index is 1.86. The summed E-state index contributed by atoms with van der Waals surface area (Å²) in [5.41, 5.74) is 2.51. The van der Waals surface area contributed by atoms with E-state index in [0.717, 1.165) is 0 Å². The number of likely N-dealkylation sites (tertiary alicyclic amines) is 1. The number of benzene rings is 1. The van der Waals surface area contributed by atoms with Crippen LogP contribution in [0.1, 0.15) is 32.6 Å². The van der Waals surface area contributed by atoms with Gasteiger partial charge >= 0.3 is 0 Å². The molecule has 112 valence electrons. The molecule has 1 aliphatic rings. The summed E-state index contributed by atoms with van der Waals surface area (Å²) >= 11 is 0. The molecule has 1 aliphatic heterocycles. The molecule has 1 unspecified atom stereocenters. The van der Waals surface area contributed by atoms with Crippen LogP contribution in [0.15, 0.2) is 24.3 Å². The smallest absolute Gasteiger partial charge is 0.0362 e. The van der Waals surface area contributed by atoms with Gasteiger partial charge in [-0.2, -0.15) is 0 Å². The number of hydrogen-bond donors (Lipinski definition) is 1. The summed E-state index contributed by atoms with van der Waals surface area (Å²) in [6.07, 6.45) is 5.13. The Hall–Kier alpha value is -1.22. The van der Waals surface area contributed by atoms with Crippen LogP contribution >= 0.6 is 0 Å². The van der Waals surface area contributed by atoms with Gasteiger partial charge in [0.25, 0.3) is 0 Å². The second kappa shape index (κ2) is 7.53. The number of nitrogens with one attached hydrogen (secondary N) is 1. The van der Waals surface area contributed by atoms with E-state index in [0.29, 0.717) is 6.04 Å². The van der Waals surface area contributed by atoms with Crippen LogP contribution in [-0.2, 0) is 0 Å². The number of hydrogen-bond acceptors (Lipinski definition) is 3. The normalized spacial score (nSPS) is 20.4. The highest BCUT2D eigenvalue weighted by atomic mass is 15.1. The topological polar surface area (TPSA) is 18.5 Å². The first-order valence-corrected chi connectivity index (χ1v) is 7.95. The molecule has 0 bridgehead atoms. The lowest BCUT2D eigenvalue weighted by Crippen LogP contribution is -2.27. The molecule has 1 fully saturated rings. The van der Waals surface area contributed by atoms with Gasteiger partial charge in [0, 0.05) is 38.1 Å². The van der Waals surface area contributed by atoms with Crippen molar-refractivity contribution in [3.8, 4) is 0 Å². The third-order valence-electron chi connectivity index (χ3n) is 4.12. The molecule has 1 N–H and O–H groups in total. The maximum atomic E-state index is 3.70. The van der Waals surface area contributed by atoms with E-state index in [2.05, 4.69) is 60.4 Å². The lowest BCUT2D eigenvalue weighted by atomic mass is 10.1. The summed E-state index contributed by atoms with van der Waals surface area (Å²) in [5.74, 6) is 0. The van der Waals surface area contributed by atoms with Gasteiger partial charge in [0.05, 0.1) is 0 Å². The summed E-state index contributed by atoms with van der Waals surface area (Å²) < 4.78 is 0. The zero-order chi connectivity index (χ0) is 14.4. The van der Waals surface area contributed by atoms with Crippen LogP contribution in [0.4, 0.5) is 11.4 Å². The Morgan fingerprint density at radius 1 is 1.15 bits per heavy atom. The Morgan fingerprint density at radius 2 is 1.90 bits per heavy atom. The van der Waals surface area contributed by atoms with Gasteiger partial charge < -0.3 is 15.1 Å². The van der Waals surface area contributed by atoms with Crippen LogP contribution in [0.5, 0.6) is 0 Å². The number of anilines is 2. The number of nitrogens with zero attached hydrogens (tertiary/aromatic N) is 2. The molecule has 20 heavy (non-hydrogen) atoms. The molecule has 2 rings (SSSR count). The van der Waals surface area contributed by atoms with E-state index in [4.69, 9.17) is 0 Å². The van der Waals surface area contributed by atoms with Crippen LogP contribution in [-0.4, -0.2) is 44.7 Å². The van der Waals surface area contributed by atoms with Crippen molar-refractivity contribution in [3.63, 3.8) is 0 Å².